The third-order valence-corrected chi connectivity index (χ3v) is 3.47. The van der Waals surface area contributed by atoms with Crippen molar-refractivity contribution >= 4 is 17.6 Å². The van der Waals surface area contributed by atoms with Crippen LogP contribution in [0.25, 0.3) is 0 Å². The van der Waals surface area contributed by atoms with Crippen LogP contribution in [0.3, 0.4) is 0 Å². The number of anilines is 1. The van der Waals surface area contributed by atoms with Crippen LogP contribution in [0.4, 0.5) is 5.69 Å². The molecule has 1 saturated heterocycles. The monoisotopic (exact) mass is 247 g/mol. The van der Waals surface area contributed by atoms with E-state index in [4.69, 9.17) is 9.84 Å². The molecular formula is C13H13NO4. The normalized spacial score (nSPS) is 22.3. The Morgan fingerprint density at radius 3 is 2.94 bits per heavy atom. The minimum absolute atomic E-state index is 0.00664. The molecule has 5 nitrogen and oxygen atoms in total. The Morgan fingerprint density at radius 2 is 2.22 bits per heavy atom. The first-order chi connectivity index (χ1) is 8.70. The third-order valence-electron chi connectivity index (χ3n) is 3.47. The predicted octanol–water partition coefficient (Wildman–Crippen LogP) is 0.702. The van der Waals surface area contributed by atoms with Gasteiger partial charge in [0.2, 0.25) is 5.91 Å². The highest BCUT2D eigenvalue weighted by Gasteiger charge is 2.34. The molecule has 2 aliphatic heterocycles. The van der Waals surface area contributed by atoms with E-state index in [0.717, 1.165) is 11.3 Å². The lowest BCUT2D eigenvalue weighted by Crippen LogP contribution is -2.26. The van der Waals surface area contributed by atoms with Gasteiger partial charge in [0.15, 0.2) is 0 Å². The first-order valence-electron chi connectivity index (χ1n) is 5.91. The maximum Gasteiger partial charge on any atom is 0.338 e. The van der Waals surface area contributed by atoms with Crippen LogP contribution in [0, 0.1) is 5.92 Å². The minimum atomic E-state index is -0.336. The second-order valence-corrected chi connectivity index (χ2v) is 4.64. The number of amides is 1. The van der Waals surface area contributed by atoms with Crippen molar-refractivity contribution in [3.63, 3.8) is 0 Å². The zero-order valence-corrected chi connectivity index (χ0v) is 9.76. The molecule has 1 aromatic rings. The van der Waals surface area contributed by atoms with E-state index in [1.54, 1.807) is 17.0 Å². The fourth-order valence-corrected chi connectivity index (χ4v) is 2.52. The molecule has 2 heterocycles. The van der Waals surface area contributed by atoms with Gasteiger partial charge in [-0.3, -0.25) is 4.79 Å². The van der Waals surface area contributed by atoms with Crippen molar-refractivity contribution < 1.29 is 19.4 Å². The number of esters is 1. The van der Waals surface area contributed by atoms with E-state index < -0.39 is 0 Å². The SMILES string of the molecule is O=C1OCc2c1cccc2N1CC(CO)CC1=O. The number of aliphatic hydroxyl groups excluding tert-OH is 1. The molecule has 2 aliphatic rings. The van der Waals surface area contributed by atoms with Crippen LogP contribution in [-0.2, 0) is 16.1 Å². The number of benzene rings is 1. The van der Waals surface area contributed by atoms with Crippen molar-refractivity contribution in [2.75, 3.05) is 18.1 Å². The van der Waals surface area contributed by atoms with Gasteiger partial charge in [0.25, 0.3) is 0 Å². The Labute approximate surface area is 104 Å². The summed E-state index contributed by atoms with van der Waals surface area (Å²) in [5.41, 5.74) is 2.04. The average Bonchev–Trinajstić information content (AvgIpc) is 2.93. The van der Waals surface area contributed by atoms with Gasteiger partial charge in [-0.1, -0.05) is 6.07 Å². The van der Waals surface area contributed by atoms with Gasteiger partial charge in [0, 0.05) is 31.1 Å². The number of rotatable bonds is 2. The number of hydrogen-bond donors (Lipinski definition) is 1. The minimum Gasteiger partial charge on any atom is -0.457 e. The van der Waals surface area contributed by atoms with Crippen LogP contribution >= 0.6 is 0 Å². The first kappa shape index (κ1) is 11.2. The van der Waals surface area contributed by atoms with Crippen molar-refractivity contribution in [1.82, 2.24) is 0 Å². The maximum absolute atomic E-state index is 11.9. The molecule has 1 N–H and O–H groups in total. The van der Waals surface area contributed by atoms with Gasteiger partial charge < -0.3 is 14.7 Å². The average molecular weight is 247 g/mol. The smallest absolute Gasteiger partial charge is 0.338 e. The van der Waals surface area contributed by atoms with Crippen LogP contribution < -0.4 is 4.90 Å². The van der Waals surface area contributed by atoms with Gasteiger partial charge in [-0.25, -0.2) is 4.79 Å². The molecule has 1 atom stereocenters. The van der Waals surface area contributed by atoms with Gasteiger partial charge in [-0.15, -0.1) is 0 Å². The Kier molecular flexibility index (Phi) is 2.56. The molecule has 1 fully saturated rings. The molecular weight excluding hydrogens is 234 g/mol. The van der Waals surface area contributed by atoms with E-state index in [-0.39, 0.29) is 31.0 Å². The number of carbonyl (C=O) groups excluding carboxylic acids is 2. The summed E-state index contributed by atoms with van der Waals surface area (Å²) in [4.78, 5) is 25.0. The number of carbonyl (C=O) groups is 2. The lowest BCUT2D eigenvalue weighted by Gasteiger charge is -2.18. The van der Waals surface area contributed by atoms with Gasteiger partial charge in [-0.2, -0.15) is 0 Å². The number of ether oxygens (including phenoxy) is 1. The van der Waals surface area contributed by atoms with Crippen molar-refractivity contribution in [1.29, 1.82) is 0 Å². The van der Waals surface area contributed by atoms with E-state index >= 15 is 0 Å². The molecule has 0 radical (unpaired) electrons. The molecule has 0 saturated carbocycles. The zero-order chi connectivity index (χ0) is 12.7. The summed E-state index contributed by atoms with van der Waals surface area (Å²) in [6, 6.07) is 5.27. The summed E-state index contributed by atoms with van der Waals surface area (Å²) in [6.07, 6.45) is 0.356. The lowest BCUT2D eigenvalue weighted by atomic mass is 10.1. The molecule has 5 heteroatoms. The number of hydrogen-bond acceptors (Lipinski definition) is 4. The summed E-state index contributed by atoms with van der Waals surface area (Å²) in [6.45, 7) is 0.727. The van der Waals surface area contributed by atoms with Crippen molar-refractivity contribution in [2.24, 2.45) is 5.92 Å². The molecule has 0 bridgehead atoms. The molecule has 0 aromatic heterocycles. The molecule has 3 rings (SSSR count). The molecule has 0 aliphatic carbocycles. The van der Waals surface area contributed by atoms with Crippen molar-refractivity contribution in [2.45, 2.75) is 13.0 Å². The molecule has 18 heavy (non-hydrogen) atoms. The molecule has 94 valence electrons. The highest BCUT2D eigenvalue weighted by Crippen LogP contribution is 2.33. The van der Waals surface area contributed by atoms with Crippen molar-refractivity contribution in [3.05, 3.63) is 29.3 Å². The standard InChI is InChI=1S/C13H13NO4/c15-6-8-4-12(16)14(5-8)11-3-1-2-9-10(11)7-18-13(9)17/h1-3,8,15H,4-7H2. The lowest BCUT2D eigenvalue weighted by molar-refractivity contribution is -0.117. The van der Waals surface area contributed by atoms with E-state index in [1.165, 1.54) is 0 Å². The van der Waals surface area contributed by atoms with Gasteiger partial charge in [0.05, 0.1) is 11.3 Å². The second-order valence-electron chi connectivity index (χ2n) is 4.64. The van der Waals surface area contributed by atoms with Crippen LogP contribution in [0.5, 0.6) is 0 Å². The molecule has 1 amide bonds. The van der Waals surface area contributed by atoms with E-state index in [0.29, 0.717) is 18.5 Å². The Morgan fingerprint density at radius 1 is 1.39 bits per heavy atom. The zero-order valence-electron chi connectivity index (χ0n) is 9.76. The molecule has 0 spiro atoms. The summed E-state index contributed by atoms with van der Waals surface area (Å²) >= 11 is 0. The summed E-state index contributed by atoms with van der Waals surface area (Å²) in [5, 5.41) is 9.13. The van der Waals surface area contributed by atoms with Crippen LogP contribution in [0.2, 0.25) is 0 Å². The number of aliphatic hydroxyl groups is 1. The van der Waals surface area contributed by atoms with Gasteiger partial charge >= 0.3 is 5.97 Å². The fraction of sp³-hybridized carbons (Fsp3) is 0.385. The largest absolute Gasteiger partial charge is 0.457 e. The van der Waals surface area contributed by atoms with Crippen LogP contribution in [-0.4, -0.2) is 30.1 Å². The van der Waals surface area contributed by atoms with Crippen molar-refractivity contribution in [3.8, 4) is 0 Å². The third kappa shape index (κ3) is 1.59. The fourth-order valence-electron chi connectivity index (χ4n) is 2.52. The van der Waals surface area contributed by atoms with E-state index in [9.17, 15) is 9.59 Å². The highest BCUT2D eigenvalue weighted by atomic mass is 16.5. The van der Waals surface area contributed by atoms with Crippen LogP contribution in [0.1, 0.15) is 22.3 Å². The quantitative estimate of drug-likeness (QED) is 0.781. The Balaban J connectivity index is 1.99. The summed E-state index contributed by atoms with van der Waals surface area (Å²) in [7, 11) is 0. The van der Waals surface area contributed by atoms with Gasteiger partial charge in [-0.05, 0) is 12.1 Å². The van der Waals surface area contributed by atoms with E-state index in [2.05, 4.69) is 0 Å². The van der Waals surface area contributed by atoms with E-state index in [1.807, 2.05) is 6.07 Å². The first-order valence-corrected chi connectivity index (χ1v) is 5.91. The Bertz CT molecular complexity index is 526. The maximum atomic E-state index is 11.9. The number of fused-ring (bicyclic) bond motifs is 1. The molecule has 1 unspecified atom stereocenters. The van der Waals surface area contributed by atoms with Crippen LogP contribution in [0.15, 0.2) is 18.2 Å². The highest BCUT2D eigenvalue weighted by molar-refractivity contribution is 6.00. The number of cyclic esters (lactones) is 1. The number of nitrogens with zero attached hydrogens (tertiary/aromatic N) is 1. The summed E-state index contributed by atoms with van der Waals surface area (Å²) in [5.74, 6) is -0.370. The molecule has 1 aromatic carbocycles. The summed E-state index contributed by atoms with van der Waals surface area (Å²) < 4.78 is 4.99. The van der Waals surface area contributed by atoms with Gasteiger partial charge in [0.1, 0.15) is 6.61 Å². The topological polar surface area (TPSA) is 66.8 Å². The Hall–Kier alpha value is -1.88. The second kappa shape index (κ2) is 4.10. The predicted molar refractivity (Wildman–Crippen MR) is 63.1 cm³/mol.